The number of anilines is 1. The lowest BCUT2D eigenvalue weighted by molar-refractivity contribution is -0.384. The Morgan fingerprint density at radius 1 is 1.12 bits per heavy atom. The summed E-state index contributed by atoms with van der Waals surface area (Å²) in [5.41, 5.74) is 0.411. The van der Waals surface area contributed by atoms with Crippen molar-refractivity contribution in [1.29, 1.82) is 0 Å². The van der Waals surface area contributed by atoms with E-state index < -0.39 is 26.8 Å². The molecule has 1 unspecified atom stereocenters. The van der Waals surface area contributed by atoms with Crippen molar-refractivity contribution in [2.45, 2.75) is 30.2 Å². The normalized spacial score (nSPS) is 15.8. The standard InChI is InChI=1S/C22H24FN5O4S/c1-26-14-11-24-22(26)21(16-5-7-17(23)8-6-16)25-19-10-9-18(15-20(19)28(29)30)33(31,32)27-12-3-2-4-13-27/h5-11,14-15,21,25H,2-4,12-13H2,1H3. The molecule has 11 heteroatoms. The first-order valence-corrected chi connectivity index (χ1v) is 12.0. The van der Waals surface area contributed by atoms with E-state index in [9.17, 15) is 22.9 Å². The average molecular weight is 474 g/mol. The Morgan fingerprint density at radius 3 is 2.42 bits per heavy atom. The highest BCUT2D eigenvalue weighted by atomic mass is 32.2. The first-order valence-electron chi connectivity index (χ1n) is 10.5. The average Bonchev–Trinajstić information content (AvgIpc) is 3.24. The molecule has 0 amide bonds. The molecule has 0 aliphatic carbocycles. The van der Waals surface area contributed by atoms with E-state index in [-0.39, 0.29) is 16.3 Å². The maximum absolute atomic E-state index is 13.5. The summed E-state index contributed by atoms with van der Waals surface area (Å²) in [6, 6.07) is 8.98. The largest absolute Gasteiger partial charge is 0.366 e. The van der Waals surface area contributed by atoms with Gasteiger partial charge in [-0.15, -0.1) is 0 Å². The van der Waals surface area contributed by atoms with E-state index in [1.807, 2.05) is 0 Å². The molecular weight excluding hydrogens is 449 g/mol. The van der Waals surface area contributed by atoms with E-state index in [1.165, 1.54) is 28.6 Å². The van der Waals surface area contributed by atoms with Crippen molar-refractivity contribution in [2.24, 2.45) is 7.05 Å². The fourth-order valence-corrected chi connectivity index (χ4v) is 5.50. The minimum Gasteiger partial charge on any atom is -0.366 e. The Kier molecular flexibility index (Phi) is 6.43. The van der Waals surface area contributed by atoms with Gasteiger partial charge in [-0.3, -0.25) is 10.1 Å². The van der Waals surface area contributed by atoms with Crippen LogP contribution in [0.2, 0.25) is 0 Å². The number of rotatable bonds is 7. The fourth-order valence-electron chi connectivity index (χ4n) is 3.96. The Morgan fingerprint density at radius 2 is 1.82 bits per heavy atom. The zero-order valence-corrected chi connectivity index (χ0v) is 18.8. The maximum Gasteiger partial charge on any atom is 0.293 e. The predicted molar refractivity (Wildman–Crippen MR) is 121 cm³/mol. The first-order chi connectivity index (χ1) is 15.8. The van der Waals surface area contributed by atoms with Crippen LogP contribution in [0.5, 0.6) is 0 Å². The van der Waals surface area contributed by atoms with Crippen LogP contribution in [0.25, 0.3) is 0 Å². The number of aryl methyl sites for hydroxylation is 1. The molecule has 0 spiro atoms. The van der Waals surface area contributed by atoms with Crippen molar-refractivity contribution in [1.82, 2.24) is 13.9 Å². The molecule has 2 heterocycles. The molecule has 1 N–H and O–H groups in total. The van der Waals surface area contributed by atoms with Gasteiger partial charge < -0.3 is 9.88 Å². The highest BCUT2D eigenvalue weighted by Gasteiger charge is 2.29. The van der Waals surface area contributed by atoms with Gasteiger partial charge in [-0.2, -0.15) is 4.31 Å². The molecule has 3 aromatic rings. The van der Waals surface area contributed by atoms with E-state index in [0.29, 0.717) is 24.5 Å². The lowest BCUT2D eigenvalue weighted by Crippen LogP contribution is -2.35. The van der Waals surface area contributed by atoms with Gasteiger partial charge in [0.2, 0.25) is 10.0 Å². The van der Waals surface area contributed by atoms with Crippen LogP contribution >= 0.6 is 0 Å². The monoisotopic (exact) mass is 473 g/mol. The molecule has 1 aromatic heterocycles. The highest BCUT2D eigenvalue weighted by molar-refractivity contribution is 7.89. The van der Waals surface area contributed by atoms with Crippen LogP contribution in [0.4, 0.5) is 15.8 Å². The second-order valence-corrected chi connectivity index (χ2v) is 9.86. The molecule has 174 valence electrons. The van der Waals surface area contributed by atoms with Gasteiger partial charge >= 0.3 is 0 Å². The number of piperidine rings is 1. The van der Waals surface area contributed by atoms with Gasteiger partial charge in [-0.05, 0) is 42.7 Å². The molecule has 9 nitrogen and oxygen atoms in total. The van der Waals surface area contributed by atoms with Crippen LogP contribution < -0.4 is 5.32 Å². The van der Waals surface area contributed by atoms with Gasteiger partial charge in [-0.1, -0.05) is 18.6 Å². The van der Waals surface area contributed by atoms with E-state index >= 15 is 0 Å². The van der Waals surface area contributed by atoms with Gasteiger partial charge in [0.25, 0.3) is 5.69 Å². The summed E-state index contributed by atoms with van der Waals surface area (Å²) in [4.78, 5) is 15.5. The van der Waals surface area contributed by atoms with Crippen LogP contribution in [0.1, 0.15) is 36.7 Å². The third kappa shape index (κ3) is 4.74. The van der Waals surface area contributed by atoms with Crippen molar-refractivity contribution in [2.75, 3.05) is 18.4 Å². The summed E-state index contributed by atoms with van der Waals surface area (Å²) < 4.78 is 42.6. The SMILES string of the molecule is Cn1ccnc1C(Nc1ccc(S(=O)(=O)N2CCCCC2)cc1[N+](=O)[O-])c1ccc(F)cc1. The van der Waals surface area contributed by atoms with Crippen molar-refractivity contribution >= 4 is 21.4 Å². The van der Waals surface area contributed by atoms with Gasteiger partial charge in [0.1, 0.15) is 23.4 Å². The molecule has 0 radical (unpaired) electrons. The summed E-state index contributed by atoms with van der Waals surface area (Å²) in [5.74, 6) is 0.150. The number of halogens is 1. The van der Waals surface area contributed by atoms with E-state index in [1.54, 1.807) is 36.1 Å². The Balaban J connectivity index is 1.73. The molecular formula is C22H24FN5O4S. The number of imidazole rings is 1. The van der Waals surface area contributed by atoms with Crippen molar-refractivity contribution < 1.29 is 17.7 Å². The molecule has 2 aromatic carbocycles. The number of benzene rings is 2. The van der Waals surface area contributed by atoms with E-state index in [0.717, 1.165) is 25.3 Å². The lowest BCUT2D eigenvalue weighted by atomic mass is 10.1. The van der Waals surface area contributed by atoms with Gasteiger partial charge in [-0.25, -0.2) is 17.8 Å². The topological polar surface area (TPSA) is 110 Å². The fraction of sp³-hybridized carbons (Fsp3) is 0.318. The van der Waals surface area contributed by atoms with Gasteiger partial charge in [0.05, 0.1) is 9.82 Å². The number of sulfonamides is 1. The minimum atomic E-state index is -3.83. The van der Waals surface area contributed by atoms with Crippen LogP contribution in [0.15, 0.2) is 59.8 Å². The molecule has 0 saturated carbocycles. The minimum absolute atomic E-state index is 0.114. The van der Waals surface area contributed by atoms with Crippen molar-refractivity contribution in [3.8, 4) is 0 Å². The summed E-state index contributed by atoms with van der Waals surface area (Å²) in [5, 5.41) is 15.0. The van der Waals surface area contributed by atoms with Crippen LogP contribution in [0, 0.1) is 15.9 Å². The number of hydrogen-bond donors (Lipinski definition) is 1. The second kappa shape index (κ2) is 9.28. The van der Waals surface area contributed by atoms with Gasteiger partial charge in [0.15, 0.2) is 0 Å². The second-order valence-electron chi connectivity index (χ2n) is 7.93. The number of nitro groups is 1. The summed E-state index contributed by atoms with van der Waals surface area (Å²) in [6.45, 7) is 0.809. The molecule has 1 saturated heterocycles. The smallest absolute Gasteiger partial charge is 0.293 e. The number of aromatic nitrogens is 2. The third-order valence-corrected chi connectivity index (χ3v) is 7.63. The van der Waals surface area contributed by atoms with Crippen LogP contribution in [0.3, 0.4) is 0 Å². The van der Waals surface area contributed by atoms with Crippen molar-refractivity contribution in [3.63, 3.8) is 0 Å². The Labute approximate surface area is 191 Å². The zero-order valence-electron chi connectivity index (χ0n) is 18.0. The molecule has 1 atom stereocenters. The Bertz CT molecular complexity index is 1250. The molecule has 1 fully saturated rings. The summed E-state index contributed by atoms with van der Waals surface area (Å²) in [6.07, 6.45) is 5.83. The predicted octanol–water partition coefficient (Wildman–Crippen LogP) is 3.84. The molecule has 0 bridgehead atoms. The Hall–Kier alpha value is -3.31. The number of nitro benzene ring substituents is 1. The van der Waals surface area contributed by atoms with Crippen molar-refractivity contribution in [3.05, 3.63) is 82.2 Å². The molecule has 1 aliphatic rings. The number of nitrogens with zero attached hydrogens (tertiary/aromatic N) is 4. The maximum atomic E-state index is 13.5. The number of hydrogen-bond acceptors (Lipinski definition) is 6. The van der Waals surface area contributed by atoms with E-state index in [4.69, 9.17) is 0 Å². The quantitative estimate of drug-likeness (QED) is 0.412. The molecule has 33 heavy (non-hydrogen) atoms. The van der Waals surface area contributed by atoms with Crippen LogP contribution in [-0.2, 0) is 17.1 Å². The van der Waals surface area contributed by atoms with E-state index in [2.05, 4.69) is 10.3 Å². The van der Waals surface area contributed by atoms with Gasteiger partial charge in [0, 0.05) is 38.6 Å². The first kappa shape index (κ1) is 22.9. The molecule has 4 rings (SSSR count). The summed E-state index contributed by atoms with van der Waals surface area (Å²) in [7, 11) is -2.05. The zero-order chi connectivity index (χ0) is 23.6. The third-order valence-electron chi connectivity index (χ3n) is 5.74. The number of nitrogens with one attached hydrogen (secondary N) is 1. The molecule has 1 aliphatic heterocycles. The lowest BCUT2D eigenvalue weighted by Gasteiger charge is -2.26. The van der Waals surface area contributed by atoms with Crippen LogP contribution in [-0.4, -0.2) is 40.3 Å². The highest BCUT2D eigenvalue weighted by Crippen LogP contribution is 2.34. The summed E-state index contributed by atoms with van der Waals surface area (Å²) >= 11 is 0.